The van der Waals surface area contributed by atoms with Crippen molar-refractivity contribution < 1.29 is 4.79 Å². The van der Waals surface area contributed by atoms with Gasteiger partial charge in [0, 0.05) is 58.0 Å². The molecule has 0 saturated carbocycles. The van der Waals surface area contributed by atoms with Crippen LogP contribution in [0.25, 0.3) is 10.9 Å². The van der Waals surface area contributed by atoms with E-state index in [1.807, 2.05) is 66.7 Å². The summed E-state index contributed by atoms with van der Waals surface area (Å²) < 4.78 is 0. The molecule has 0 radical (unpaired) electrons. The Kier molecular flexibility index (Phi) is 6.38. The van der Waals surface area contributed by atoms with Gasteiger partial charge in [-0.3, -0.25) is 14.8 Å². The van der Waals surface area contributed by atoms with Crippen molar-refractivity contribution >= 4 is 59.8 Å². The normalized spacial score (nSPS) is 10.7. The van der Waals surface area contributed by atoms with Crippen LogP contribution >= 0.6 is 9.24 Å². The van der Waals surface area contributed by atoms with E-state index in [1.165, 1.54) is 5.56 Å². The zero-order chi connectivity index (χ0) is 24.2. The number of pyridine rings is 2. The molecule has 3 N–H and O–H groups in total. The molecule has 0 fully saturated rings. The van der Waals surface area contributed by atoms with Crippen molar-refractivity contribution in [2.24, 2.45) is 0 Å². The number of carbonyl (C=O) groups excluding carboxylic acids is 1. The Morgan fingerprint density at radius 3 is 2.40 bits per heavy atom. The number of hydrogen-bond donors (Lipinski definition) is 3. The smallest absolute Gasteiger partial charge is 0.256 e. The van der Waals surface area contributed by atoms with Crippen LogP contribution in [0.3, 0.4) is 0 Å². The summed E-state index contributed by atoms with van der Waals surface area (Å²) in [6, 6.07) is 25.2. The van der Waals surface area contributed by atoms with Gasteiger partial charge in [0.2, 0.25) is 0 Å². The quantitative estimate of drug-likeness (QED) is 0.255. The SMILES string of the molecule is Cc1ccc2nccc(Nc3ccc(C(=O)Nc4cccc(Nc5ccncc5)c4)c(P)c3)c2c1. The maximum atomic E-state index is 13.0. The van der Waals surface area contributed by atoms with Gasteiger partial charge in [0.15, 0.2) is 0 Å². The highest BCUT2D eigenvalue weighted by Crippen LogP contribution is 2.26. The molecule has 0 saturated heterocycles. The molecule has 0 aliphatic rings. The van der Waals surface area contributed by atoms with Gasteiger partial charge in [-0.1, -0.05) is 17.7 Å². The first-order valence-electron chi connectivity index (χ1n) is 11.2. The molecular weight excluding hydrogens is 453 g/mol. The van der Waals surface area contributed by atoms with Crippen molar-refractivity contribution in [3.63, 3.8) is 0 Å². The molecule has 0 bridgehead atoms. The Morgan fingerprint density at radius 1 is 0.771 bits per heavy atom. The lowest BCUT2D eigenvalue weighted by molar-refractivity contribution is 0.102. The van der Waals surface area contributed by atoms with Crippen LogP contribution in [0.2, 0.25) is 0 Å². The summed E-state index contributed by atoms with van der Waals surface area (Å²) in [5.41, 5.74) is 7.07. The third-order valence-corrected chi connectivity index (χ3v) is 6.04. The lowest BCUT2D eigenvalue weighted by atomic mass is 10.1. The van der Waals surface area contributed by atoms with E-state index < -0.39 is 0 Å². The predicted molar refractivity (Wildman–Crippen MR) is 147 cm³/mol. The van der Waals surface area contributed by atoms with Crippen molar-refractivity contribution in [1.82, 2.24) is 9.97 Å². The van der Waals surface area contributed by atoms with E-state index in [0.29, 0.717) is 11.3 Å². The molecule has 172 valence electrons. The summed E-state index contributed by atoms with van der Waals surface area (Å²) >= 11 is 0. The molecule has 0 aliphatic carbocycles. The third-order valence-electron chi connectivity index (χ3n) is 5.56. The van der Waals surface area contributed by atoms with Crippen LogP contribution in [-0.4, -0.2) is 15.9 Å². The fourth-order valence-electron chi connectivity index (χ4n) is 3.85. The van der Waals surface area contributed by atoms with Gasteiger partial charge in [0.05, 0.1) is 5.52 Å². The number of nitrogens with one attached hydrogen (secondary N) is 3. The van der Waals surface area contributed by atoms with Gasteiger partial charge in [-0.25, -0.2) is 0 Å². The lowest BCUT2D eigenvalue weighted by Gasteiger charge is -2.13. The number of fused-ring (bicyclic) bond motifs is 1. The molecule has 5 rings (SSSR count). The Balaban J connectivity index is 1.32. The summed E-state index contributed by atoms with van der Waals surface area (Å²) in [4.78, 5) is 21.5. The first kappa shape index (κ1) is 22.5. The van der Waals surface area contributed by atoms with Crippen LogP contribution in [0.15, 0.2) is 97.5 Å². The highest BCUT2D eigenvalue weighted by Gasteiger charge is 2.11. The molecule has 2 heterocycles. The van der Waals surface area contributed by atoms with Crippen molar-refractivity contribution in [1.29, 1.82) is 0 Å². The zero-order valence-corrected chi connectivity index (χ0v) is 20.3. The molecule has 0 spiro atoms. The minimum Gasteiger partial charge on any atom is -0.355 e. The zero-order valence-electron chi connectivity index (χ0n) is 19.1. The summed E-state index contributed by atoms with van der Waals surface area (Å²) in [6.07, 6.45) is 5.25. The largest absolute Gasteiger partial charge is 0.355 e. The van der Waals surface area contributed by atoms with E-state index in [9.17, 15) is 4.79 Å². The summed E-state index contributed by atoms with van der Waals surface area (Å²) in [5, 5.41) is 11.6. The fourth-order valence-corrected chi connectivity index (χ4v) is 4.25. The van der Waals surface area contributed by atoms with Gasteiger partial charge in [0.1, 0.15) is 0 Å². The molecular formula is C28H24N5OP. The minimum atomic E-state index is -0.174. The predicted octanol–water partition coefficient (Wildman–Crippen LogP) is 6.18. The topological polar surface area (TPSA) is 78.9 Å². The highest BCUT2D eigenvalue weighted by atomic mass is 31.0. The van der Waals surface area contributed by atoms with E-state index in [-0.39, 0.29) is 5.91 Å². The van der Waals surface area contributed by atoms with Crippen LogP contribution < -0.4 is 21.3 Å². The molecule has 0 aliphatic heterocycles. The number of nitrogens with zero attached hydrogens (tertiary/aromatic N) is 2. The van der Waals surface area contributed by atoms with E-state index in [1.54, 1.807) is 18.6 Å². The van der Waals surface area contributed by atoms with Crippen LogP contribution in [-0.2, 0) is 0 Å². The second-order valence-corrected chi connectivity index (χ2v) is 8.82. The Bertz CT molecular complexity index is 1520. The average molecular weight is 478 g/mol. The average Bonchev–Trinajstić information content (AvgIpc) is 2.85. The summed E-state index contributed by atoms with van der Waals surface area (Å²) in [6.45, 7) is 2.06. The lowest BCUT2D eigenvalue weighted by Crippen LogP contribution is -2.18. The molecule has 1 amide bonds. The van der Waals surface area contributed by atoms with E-state index in [0.717, 1.165) is 39.0 Å². The van der Waals surface area contributed by atoms with E-state index in [4.69, 9.17) is 0 Å². The summed E-state index contributed by atoms with van der Waals surface area (Å²) in [5.74, 6) is -0.174. The van der Waals surface area contributed by atoms with Gasteiger partial charge < -0.3 is 16.0 Å². The number of aryl methyl sites for hydroxylation is 1. The number of carbonyl (C=O) groups is 1. The Morgan fingerprint density at radius 2 is 1.57 bits per heavy atom. The maximum Gasteiger partial charge on any atom is 0.256 e. The number of hydrogen-bond acceptors (Lipinski definition) is 5. The maximum absolute atomic E-state index is 13.0. The number of anilines is 5. The molecule has 2 aromatic heterocycles. The van der Waals surface area contributed by atoms with Crippen molar-refractivity contribution in [2.75, 3.05) is 16.0 Å². The monoisotopic (exact) mass is 477 g/mol. The van der Waals surface area contributed by atoms with Gasteiger partial charge in [-0.05, 0) is 79.0 Å². The van der Waals surface area contributed by atoms with Crippen LogP contribution in [0.5, 0.6) is 0 Å². The molecule has 1 unspecified atom stereocenters. The molecule has 1 atom stereocenters. The van der Waals surface area contributed by atoms with Crippen LogP contribution in [0.4, 0.5) is 28.4 Å². The Hall–Kier alpha value is -4.28. The van der Waals surface area contributed by atoms with Gasteiger partial charge in [-0.2, -0.15) is 0 Å². The van der Waals surface area contributed by atoms with Gasteiger partial charge in [-0.15, -0.1) is 9.24 Å². The summed E-state index contributed by atoms with van der Waals surface area (Å²) in [7, 11) is 2.66. The van der Waals surface area contributed by atoms with Crippen LogP contribution in [0, 0.1) is 6.92 Å². The Labute approximate surface area is 206 Å². The van der Waals surface area contributed by atoms with Crippen LogP contribution in [0.1, 0.15) is 15.9 Å². The number of aromatic nitrogens is 2. The first-order valence-corrected chi connectivity index (χ1v) is 11.7. The molecule has 3 aromatic carbocycles. The molecule has 5 aromatic rings. The van der Waals surface area contributed by atoms with Gasteiger partial charge in [0.25, 0.3) is 5.91 Å². The molecule has 35 heavy (non-hydrogen) atoms. The van der Waals surface area contributed by atoms with E-state index >= 15 is 0 Å². The second kappa shape index (κ2) is 9.92. The number of benzene rings is 3. The number of amides is 1. The minimum absolute atomic E-state index is 0.174. The highest BCUT2D eigenvalue weighted by molar-refractivity contribution is 7.27. The van der Waals surface area contributed by atoms with Crippen molar-refractivity contribution in [3.05, 3.63) is 109 Å². The third kappa shape index (κ3) is 5.29. The fraction of sp³-hybridized carbons (Fsp3) is 0.0357. The van der Waals surface area contributed by atoms with Crippen molar-refractivity contribution in [3.8, 4) is 0 Å². The molecule has 6 nitrogen and oxygen atoms in total. The second-order valence-electron chi connectivity index (χ2n) is 8.20. The number of rotatable bonds is 6. The van der Waals surface area contributed by atoms with Crippen molar-refractivity contribution in [2.45, 2.75) is 6.92 Å². The standard InChI is InChI=1S/C28H24N5OP/c1-18-5-8-25-24(15-18)26(11-14-30-25)32-22-6-7-23(27(35)17-22)28(34)33-21-4-2-3-20(16-21)31-19-9-12-29-13-10-19/h2-17H,35H2,1H3,(H,29,31)(H,30,32)(H,33,34). The first-order chi connectivity index (χ1) is 17.0. The molecule has 7 heteroatoms. The van der Waals surface area contributed by atoms with Gasteiger partial charge >= 0.3 is 0 Å². The van der Waals surface area contributed by atoms with E-state index in [2.05, 4.69) is 54.2 Å².